The molecule has 3 aromatic rings. The molecule has 0 saturated heterocycles. The van der Waals surface area contributed by atoms with Crippen LogP contribution in [-0.4, -0.2) is 25.5 Å². The number of allylic oxidation sites excluding steroid dienone is 2. The number of ketones is 1. The van der Waals surface area contributed by atoms with Crippen LogP contribution in [0.25, 0.3) is 5.70 Å². The number of hydrogen-bond donors (Lipinski definition) is 1. The number of Topliss-reactive ketones (excluding diaryl/α,β-unsaturated/α-hetero) is 1. The van der Waals surface area contributed by atoms with E-state index in [1.807, 2.05) is 31.2 Å². The fraction of sp³-hybridized carbons (Fsp3) is 0.200. The number of esters is 1. The van der Waals surface area contributed by atoms with Crippen LogP contribution in [0.15, 0.2) is 83.6 Å². The molecule has 1 N–H and O–H groups in total. The summed E-state index contributed by atoms with van der Waals surface area (Å²) in [4.78, 5) is 26.5. The Kier molecular flexibility index (Phi) is 6.53. The summed E-state index contributed by atoms with van der Waals surface area (Å²) in [5, 5.41) is 3.28. The molecule has 0 radical (unpaired) electrons. The highest BCUT2D eigenvalue weighted by atomic mass is 19.1. The topological polar surface area (TPSA) is 73.9 Å². The number of dihydropyridines is 1. The van der Waals surface area contributed by atoms with Gasteiger partial charge >= 0.3 is 5.97 Å². The van der Waals surface area contributed by atoms with Gasteiger partial charge in [-0.1, -0.05) is 42.5 Å². The maximum absolute atomic E-state index is 13.6. The van der Waals surface area contributed by atoms with Crippen molar-refractivity contribution in [3.05, 3.63) is 112 Å². The third-order valence-corrected chi connectivity index (χ3v) is 6.54. The van der Waals surface area contributed by atoms with Crippen molar-refractivity contribution in [3.63, 3.8) is 0 Å². The minimum Gasteiger partial charge on any atom is -0.490 e. The molecule has 1 atom stereocenters. The largest absolute Gasteiger partial charge is 0.490 e. The summed E-state index contributed by atoms with van der Waals surface area (Å²) in [6.07, 6.45) is 0. The highest BCUT2D eigenvalue weighted by Gasteiger charge is 2.43. The second-order valence-electron chi connectivity index (χ2n) is 8.81. The van der Waals surface area contributed by atoms with Gasteiger partial charge in [-0.2, -0.15) is 0 Å². The molecule has 5 rings (SSSR count). The van der Waals surface area contributed by atoms with Gasteiger partial charge in [0.2, 0.25) is 0 Å². The van der Waals surface area contributed by atoms with E-state index < -0.39 is 11.9 Å². The predicted molar refractivity (Wildman–Crippen MR) is 137 cm³/mol. The number of rotatable bonds is 7. The van der Waals surface area contributed by atoms with Crippen LogP contribution in [0.3, 0.4) is 0 Å². The summed E-state index contributed by atoms with van der Waals surface area (Å²) < 4.78 is 30.5. The van der Waals surface area contributed by atoms with E-state index >= 15 is 0 Å². The molecule has 0 amide bonds. The fourth-order valence-corrected chi connectivity index (χ4v) is 4.92. The second kappa shape index (κ2) is 9.93. The number of nitrogens with one attached hydrogen (secondary N) is 1. The van der Waals surface area contributed by atoms with Crippen molar-refractivity contribution in [1.82, 2.24) is 5.32 Å². The van der Waals surface area contributed by atoms with Crippen molar-refractivity contribution in [3.8, 4) is 11.5 Å². The Morgan fingerprint density at radius 3 is 2.49 bits per heavy atom. The minimum absolute atomic E-state index is 0.138. The van der Waals surface area contributed by atoms with Crippen molar-refractivity contribution in [2.45, 2.75) is 26.4 Å². The zero-order valence-electron chi connectivity index (χ0n) is 20.8. The van der Waals surface area contributed by atoms with Crippen LogP contribution in [0, 0.1) is 5.82 Å². The van der Waals surface area contributed by atoms with E-state index in [9.17, 15) is 14.0 Å². The SMILES string of the molecule is CCOc1cc(C2C(C(=O)OC)=C(C)NC3=C2C(=O)c2ccccc23)ccc1OCc1cccc(F)c1. The normalized spacial score (nSPS) is 16.2. The summed E-state index contributed by atoms with van der Waals surface area (Å²) in [6.45, 7) is 4.19. The van der Waals surface area contributed by atoms with Crippen LogP contribution in [0.4, 0.5) is 4.39 Å². The molecular weight excluding hydrogens is 473 g/mol. The van der Waals surface area contributed by atoms with Crippen molar-refractivity contribution in [1.29, 1.82) is 0 Å². The van der Waals surface area contributed by atoms with Crippen LogP contribution >= 0.6 is 0 Å². The first-order valence-corrected chi connectivity index (χ1v) is 12.0. The molecule has 0 aromatic heterocycles. The molecule has 37 heavy (non-hydrogen) atoms. The maximum atomic E-state index is 13.6. The minimum atomic E-state index is -0.667. The van der Waals surface area contributed by atoms with Crippen LogP contribution in [-0.2, 0) is 16.1 Å². The molecule has 0 bridgehead atoms. The van der Waals surface area contributed by atoms with Gasteiger partial charge in [0.25, 0.3) is 0 Å². The molecule has 0 fully saturated rings. The number of carbonyl (C=O) groups excluding carboxylic acids is 2. The Labute approximate surface area is 214 Å². The summed E-state index contributed by atoms with van der Waals surface area (Å²) >= 11 is 0. The van der Waals surface area contributed by atoms with Gasteiger partial charge in [0.15, 0.2) is 17.3 Å². The Bertz CT molecular complexity index is 1470. The molecule has 7 heteroatoms. The lowest BCUT2D eigenvalue weighted by atomic mass is 9.79. The van der Waals surface area contributed by atoms with Gasteiger partial charge < -0.3 is 19.5 Å². The van der Waals surface area contributed by atoms with Crippen LogP contribution in [0.5, 0.6) is 11.5 Å². The molecule has 3 aromatic carbocycles. The molecule has 1 unspecified atom stereocenters. The Morgan fingerprint density at radius 2 is 1.76 bits per heavy atom. The van der Waals surface area contributed by atoms with Gasteiger partial charge in [-0.05, 0) is 49.2 Å². The third-order valence-electron chi connectivity index (χ3n) is 6.54. The average molecular weight is 500 g/mol. The maximum Gasteiger partial charge on any atom is 0.336 e. The zero-order valence-corrected chi connectivity index (χ0v) is 20.8. The highest BCUT2D eigenvalue weighted by molar-refractivity contribution is 6.23. The lowest BCUT2D eigenvalue weighted by Gasteiger charge is -2.29. The molecule has 188 valence electrons. The number of ether oxygens (including phenoxy) is 3. The number of benzene rings is 3. The number of halogens is 1. The Hall–Kier alpha value is -4.39. The summed E-state index contributed by atoms with van der Waals surface area (Å²) in [5.74, 6) is -0.728. The fourth-order valence-electron chi connectivity index (χ4n) is 4.92. The van der Waals surface area contributed by atoms with Crippen molar-refractivity contribution in [2.24, 2.45) is 0 Å². The first-order chi connectivity index (χ1) is 17.9. The Morgan fingerprint density at radius 1 is 0.973 bits per heavy atom. The quantitative estimate of drug-likeness (QED) is 0.430. The van der Waals surface area contributed by atoms with E-state index in [-0.39, 0.29) is 18.2 Å². The summed E-state index contributed by atoms with van der Waals surface area (Å²) in [6, 6.07) is 18.9. The summed E-state index contributed by atoms with van der Waals surface area (Å²) in [5.41, 5.74) is 4.92. The lowest BCUT2D eigenvalue weighted by Crippen LogP contribution is -2.29. The number of methoxy groups -OCH3 is 1. The molecule has 0 spiro atoms. The standard InChI is InChI=1S/C30H26FNO5/c1-4-36-24-15-19(12-13-23(24)37-16-18-8-7-9-20(31)14-18)26-25(30(34)35-3)17(2)32-28-21-10-5-6-11-22(21)29(33)27(26)28/h5-15,26,32H,4,16H2,1-3H3. The number of carbonyl (C=O) groups is 2. The van der Waals surface area contributed by atoms with Crippen molar-refractivity contribution < 1.29 is 28.2 Å². The molecular formula is C30H26FNO5. The molecule has 6 nitrogen and oxygen atoms in total. The van der Waals surface area contributed by atoms with E-state index in [4.69, 9.17) is 14.2 Å². The van der Waals surface area contributed by atoms with E-state index in [2.05, 4.69) is 5.32 Å². The molecule has 1 aliphatic carbocycles. The van der Waals surface area contributed by atoms with Gasteiger partial charge in [-0.25, -0.2) is 9.18 Å². The monoisotopic (exact) mass is 499 g/mol. The average Bonchev–Trinajstić information content (AvgIpc) is 3.18. The zero-order chi connectivity index (χ0) is 26.1. The lowest BCUT2D eigenvalue weighted by molar-refractivity contribution is -0.136. The molecule has 1 heterocycles. The van der Waals surface area contributed by atoms with Crippen LogP contribution in [0.2, 0.25) is 0 Å². The number of hydrogen-bond acceptors (Lipinski definition) is 6. The van der Waals surface area contributed by atoms with E-state index in [0.29, 0.717) is 57.3 Å². The second-order valence-corrected chi connectivity index (χ2v) is 8.81. The highest BCUT2D eigenvalue weighted by Crippen LogP contribution is 2.48. The first-order valence-electron chi connectivity index (χ1n) is 12.0. The van der Waals surface area contributed by atoms with Gasteiger partial charge in [0.05, 0.1) is 25.0 Å². The smallest absolute Gasteiger partial charge is 0.336 e. The number of fused-ring (bicyclic) bond motifs is 2. The summed E-state index contributed by atoms with van der Waals surface area (Å²) in [7, 11) is 1.32. The van der Waals surface area contributed by atoms with E-state index in [1.165, 1.54) is 19.2 Å². The van der Waals surface area contributed by atoms with Gasteiger partial charge in [-0.15, -0.1) is 0 Å². The predicted octanol–water partition coefficient (Wildman–Crippen LogP) is 5.54. The van der Waals surface area contributed by atoms with Gasteiger partial charge in [0, 0.05) is 28.3 Å². The van der Waals surface area contributed by atoms with Gasteiger partial charge in [-0.3, -0.25) is 4.79 Å². The molecule has 0 saturated carbocycles. The van der Waals surface area contributed by atoms with Crippen LogP contribution < -0.4 is 14.8 Å². The Balaban J connectivity index is 1.58. The first kappa shape index (κ1) is 24.3. The van der Waals surface area contributed by atoms with Crippen molar-refractivity contribution >= 4 is 17.4 Å². The van der Waals surface area contributed by atoms with Gasteiger partial charge in [0.1, 0.15) is 12.4 Å². The van der Waals surface area contributed by atoms with Crippen LogP contribution in [0.1, 0.15) is 46.8 Å². The van der Waals surface area contributed by atoms with E-state index in [0.717, 1.165) is 5.56 Å². The van der Waals surface area contributed by atoms with E-state index in [1.54, 1.807) is 37.3 Å². The van der Waals surface area contributed by atoms with Crippen molar-refractivity contribution in [2.75, 3.05) is 13.7 Å². The third kappa shape index (κ3) is 4.37. The molecule has 1 aliphatic heterocycles. The molecule has 2 aliphatic rings.